The van der Waals surface area contributed by atoms with E-state index in [9.17, 15) is 4.79 Å². The van der Waals surface area contributed by atoms with Gasteiger partial charge in [-0.15, -0.1) is 0 Å². The number of rotatable bonds is 3. The van der Waals surface area contributed by atoms with Gasteiger partial charge in [0, 0.05) is 29.8 Å². The lowest BCUT2D eigenvalue weighted by Crippen LogP contribution is -2.43. The van der Waals surface area contributed by atoms with Gasteiger partial charge in [-0.05, 0) is 31.0 Å². The van der Waals surface area contributed by atoms with Gasteiger partial charge in [-0.25, -0.2) is 0 Å². The average Bonchev–Trinajstić information content (AvgIpc) is 2.32. The third kappa shape index (κ3) is 3.98. The number of carbonyl (C=O) groups is 1. The molecular weight excluding hydrogens is 250 g/mol. The summed E-state index contributed by atoms with van der Waals surface area (Å²) in [4.78, 5) is 14.0. The van der Waals surface area contributed by atoms with E-state index in [0.717, 1.165) is 31.6 Å². The summed E-state index contributed by atoms with van der Waals surface area (Å²) in [5.74, 6) is -0.00672. The highest BCUT2D eigenvalue weighted by molar-refractivity contribution is 6.30. The first-order valence-electron chi connectivity index (χ1n) is 6.17. The molecule has 5 heteroatoms. The van der Waals surface area contributed by atoms with Gasteiger partial charge in [0.1, 0.15) is 0 Å². The molecule has 1 saturated heterocycles. The highest BCUT2D eigenvalue weighted by Gasteiger charge is 2.18. The van der Waals surface area contributed by atoms with E-state index in [2.05, 4.69) is 10.2 Å². The molecule has 1 amide bonds. The van der Waals surface area contributed by atoms with Crippen LogP contribution in [-0.4, -0.2) is 36.5 Å². The Morgan fingerprint density at radius 3 is 2.83 bits per heavy atom. The molecule has 4 nitrogen and oxygen atoms in total. The zero-order valence-electron chi connectivity index (χ0n) is 10.2. The summed E-state index contributed by atoms with van der Waals surface area (Å²) >= 11 is 5.86. The van der Waals surface area contributed by atoms with Gasteiger partial charge in [-0.2, -0.15) is 0 Å². The number of anilines is 1. The van der Waals surface area contributed by atoms with Crippen LogP contribution in [0, 0.1) is 0 Å². The molecule has 1 heterocycles. The molecule has 0 aliphatic carbocycles. The van der Waals surface area contributed by atoms with Crippen molar-refractivity contribution in [2.75, 3.05) is 25.0 Å². The number of benzene rings is 1. The fourth-order valence-electron chi connectivity index (χ4n) is 2.08. The molecule has 1 aliphatic rings. The molecule has 0 saturated carbocycles. The lowest BCUT2D eigenvalue weighted by Gasteiger charge is -2.29. The van der Waals surface area contributed by atoms with Crippen LogP contribution in [0.2, 0.25) is 5.02 Å². The maximum atomic E-state index is 11.8. The normalized spacial score (nSPS) is 17.7. The predicted octanol–water partition coefficient (Wildman–Crippen LogP) is 1.70. The minimum Gasteiger partial charge on any atom is -0.328 e. The van der Waals surface area contributed by atoms with Crippen LogP contribution in [0.3, 0.4) is 0 Å². The third-order valence-corrected chi connectivity index (χ3v) is 3.34. The molecule has 0 aromatic heterocycles. The maximum Gasteiger partial charge on any atom is 0.238 e. The van der Waals surface area contributed by atoms with E-state index in [1.807, 2.05) is 12.1 Å². The molecule has 1 aromatic rings. The number of piperidine rings is 1. The average molecular weight is 268 g/mol. The molecule has 1 fully saturated rings. The smallest absolute Gasteiger partial charge is 0.238 e. The highest BCUT2D eigenvalue weighted by Crippen LogP contribution is 2.15. The third-order valence-electron chi connectivity index (χ3n) is 3.11. The van der Waals surface area contributed by atoms with Gasteiger partial charge in [0.15, 0.2) is 0 Å². The zero-order chi connectivity index (χ0) is 13.0. The lowest BCUT2D eigenvalue weighted by molar-refractivity contribution is -0.117. The molecule has 0 spiro atoms. The molecule has 18 heavy (non-hydrogen) atoms. The second-order valence-electron chi connectivity index (χ2n) is 4.67. The largest absolute Gasteiger partial charge is 0.328 e. The minimum absolute atomic E-state index is 0.00672. The Labute approximate surface area is 112 Å². The van der Waals surface area contributed by atoms with E-state index in [4.69, 9.17) is 17.3 Å². The number of likely N-dealkylation sites (tertiary alicyclic amines) is 1. The highest BCUT2D eigenvalue weighted by atomic mass is 35.5. The molecule has 0 bridgehead atoms. The van der Waals surface area contributed by atoms with Gasteiger partial charge in [-0.3, -0.25) is 9.69 Å². The second-order valence-corrected chi connectivity index (χ2v) is 5.11. The Bertz CT molecular complexity index is 416. The van der Waals surface area contributed by atoms with E-state index in [1.165, 1.54) is 0 Å². The van der Waals surface area contributed by atoms with E-state index in [0.29, 0.717) is 11.6 Å². The summed E-state index contributed by atoms with van der Waals surface area (Å²) in [7, 11) is 0. The molecule has 2 rings (SSSR count). The molecule has 0 unspecified atom stereocenters. The van der Waals surface area contributed by atoms with Crippen molar-refractivity contribution >= 4 is 23.2 Å². The van der Waals surface area contributed by atoms with E-state index in [-0.39, 0.29) is 11.9 Å². The van der Waals surface area contributed by atoms with Crippen molar-refractivity contribution in [2.45, 2.75) is 18.9 Å². The Hall–Kier alpha value is -1.10. The predicted molar refractivity (Wildman–Crippen MR) is 73.7 cm³/mol. The van der Waals surface area contributed by atoms with Crippen molar-refractivity contribution in [2.24, 2.45) is 5.73 Å². The Kier molecular flexibility index (Phi) is 4.58. The van der Waals surface area contributed by atoms with Gasteiger partial charge in [0.25, 0.3) is 0 Å². The summed E-state index contributed by atoms with van der Waals surface area (Å²) in [6.45, 7) is 2.20. The van der Waals surface area contributed by atoms with Crippen molar-refractivity contribution in [1.29, 1.82) is 0 Å². The van der Waals surface area contributed by atoms with Crippen LogP contribution in [0.4, 0.5) is 5.69 Å². The lowest BCUT2D eigenvalue weighted by atomic mass is 10.1. The molecule has 3 N–H and O–H groups in total. The number of amides is 1. The van der Waals surface area contributed by atoms with Crippen LogP contribution in [-0.2, 0) is 4.79 Å². The summed E-state index contributed by atoms with van der Waals surface area (Å²) in [6, 6.07) is 7.46. The number of carbonyl (C=O) groups excluding carboxylic acids is 1. The van der Waals surface area contributed by atoms with E-state index in [1.54, 1.807) is 12.1 Å². The topological polar surface area (TPSA) is 58.4 Å². The van der Waals surface area contributed by atoms with Crippen LogP contribution < -0.4 is 11.1 Å². The van der Waals surface area contributed by atoms with Crippen molar-refractivity contribution in [3.8, 4) is 0 Å². The quantitative estimate of drug-likeness (QED) is 0.876. The molecular formula is C13H18ClN3O. The van der Waals surface area contributed by atoms with Crippen molar-refractivity contribution < 1.29 is 4.79 Å². The SMILES string of the molecule is NC1CCN(CC(=O)Nc2cccc(Cl)c2)CC1. The van der Waals surface area contributed by atoms with Gasteiger partial charge in [0.2, 0.25) is 5.91 Å². The molecule has 0 radical (unpaired) electrons. The van der Waals surface area contributed by atoms with Crippen LogP contribution in [0.5, 0.6) is 0 Å². The van der Waals surface area contributed by atoms with Gasteiger partial charge < -0.3 is 11.1 Å². The molecule has 98 valence electrons. The summed E-state index contributed by atoms with van der Waals surface area (Å²) in [5.41, 5.74) is 6.56. The van der Waals surface area contributed by atoms with Crippen LogP contribution in [0.1, 0.15) is 12.8 Å². The maximum absolute atomic E-state index is 11.8. The van der Waals surface area contributed by atoms with Crippen molar-refractivity contribution in [3.05, 3.63) is 29.3 Å². The van der Waals surface area contributed by atoms with Crippen molar-refractivity contribution in [1.82, 2.24) is 4.90 Å². The molecule has 0 atom stereocenters. The first-order valence-corrected chi connectivity index (χ1v) is 6.54. The van der Waals surface area contributed by atoms with Crippen LogP contribution in [0.25, 0.3) is 0 Å². The Morgan fingerprint density at radius 2 is 2.17 bits per heavy atom. The minimum atomic E-state index is -0.00672. The standard InChI is InChI=1S/C13H18ClN3O/c14-10-2-1-3-12(8-10)16-13(18)9-17-6-4-11(15)5-7-17/h1-3,8,11H,4-7,9,15H2,(H,16,18). The van der Waals surface area contributed by atoms with Crippen LogP contribution >= 0.6 is 11.6 Å². The Morgan fingerprint density at radius 1 is 1.44 bits per heavy atom. The number of halogens is 1. The number of nitrogens with two attached hydrogens (primary N) is 1. The summed E-state index contributed by atoms with van der Waals surface area (Å²) < 4.78 is 0. The fraction of sp³-hybridized carbons (Fsp3) is 0.462. The number of nitrogens with one attached hydrogen (secondary N) is 1. The molecule has 1 aliphatic heterocycles. The first-order chi connectivity index (χ1) is 8.63. The number of nitrogens with zero attached hydrogens (tertiary/aromatic N) is 1. The Balaban J connectivity index is 1.82. The summed E-state index contributed by atoms with van der Waals surface area (Å²) in [6.07, 6.45) is 1.93. The zero-order valence-corrected chi connectivity index (χ0v) is 11.0. The van der Waals surface area contributed by atoms with E-state index < -0.39 is 0 Å². The van der Waals surface area contributed by atoms with Crippen molar-refractivity contribution in [3.63, 3.8) is 0 Å². The van der Waals surface area contributed by atoms with E-state index >= 15 is 0 Å². The van der Waals surface area contributed by atoms with Gasteiger partial charge >= 0.3 is 0 Å². The fourth-order valence-corrected chi connectivity index (χ4v) is 2.27. The van der Waals surface area contributed by atoms with Gasteiger partial charge in [0.05, 0.1) is 6.54 Å². The first kappa shape index (κ1) is 13.3. The molecule has 1 aromatic carbocycles. The number of hydrogen-bond donors (Lipinski definition) is 2. The van der Waals surface area contributed by atoms with Crippen LogP contribution in [0.15, 0.2) is 24.3 Å². The number of hydrogen-bond acceptors (Lipinski definition) is 3. The summed E-state index contributed by atoms with van der Waals surface area (Å²) in [5, 5.41) is 3.47. The monoisotopic (exact) mass is 267 g/mol. The second kappa shape index (κ2) is 6.18. The van der Waals surface area contributed by atoms with Gasteiger partial charge in [-0.1, -0.05) is 17.7 Å².